The van der Waals surface area contributed by atoms with Crippen molar-refractivity contribution in [2.24, 2.45) is 5.73 Å². The van der Waals surface area contributed by atoms with Gasteiger partial charge in [0.1, 0.15) is 28.8 Å². The van der Waals surface area contributed by atoms with Crippen LogP contribution in [0.1, 0.15) is 5.56 Å². The molecule has 2 aromatic rings. The lowest BCUT2D eigenvalue weighted by atomic mass is 10.1. The zero-order valence-corrected chi connectivity index (χ0v) is 12.1. The van der Waals surface area contributed by atoms with E-state index in [1.165, 1.54) is 12.1 Å². The third-order valence-electron chi connectivity index (χ3n) is 2.92. The van der Waals surface area contributed by atoms with Gasteiger partial charge in [0, 0.05) is 24.3 Å². The van der Waals surface area contributed by atoms with Crippen molar-refractivity contribution in [3.63, 3.8) is 0 Å². The predicted octanol–water partition coefficient (Wildman–Crippen LogP) is 3.14. The molecule has 0 aliphatic rings. The summed E-state index contributed by atoms with van der Waals surface area (Å²) in [7, 11) is 3.11. The van der Waals surface area contributed by atoms with E-state index in [1.807, 2.05) is 0 Å². The van der Waals surface area contributed by atoms with Crippen molar-refractivity contribution < 1.29 is 18.6 Å². The minimum atomic E-state index is -0.356. The molecule has 4 nitrogen and oxygen atoms in total. The Morgan fingerprint density at radius 2 is 1.43 bits per heavy atom. The van der Waals surface area contributed by atoms with Crippen LogP contribution in [0.2, 0.25) is 0 Å². The van der Waals surface area contributed by atoms with Crippen LogP contribution in [0.4, 0.5) is 4.39 Å². The summed E-state index contributed by atoms with van der Waals surface area (Å²) < 4.78 is 29.6. The normalized spacial score (nSPS) is 10.3. The molecule has 2 N–H and O–H groups in total. The van der Waals surface area contributed by atoms with Crippen molar-refractivity contribution in [1.82, 2.24) is 0 Å². The van der Waals surface area contributed by atoms with E-state index in [0.29, 0.717) is 36.0 Å². The Morgan fingerprint density at radius 1 is 0.857 bits per heavy atom. The molecule has 112 valence electrons. The third kappa shape index (κ3) is 4.10. The highest BCUT2D eigenvalue weighted by atomic mass is 19.1. The first-order valence-electron chi connectivity index (χ1n) is 6.55. The number of methoxy groups -OCH3 is 2. The highest BCUT2D eigenvalue weighted by Crippen LogP contribution is 2.31. The summed E-state index contributed by atoms with van der Waals surface area (Å²) in [5.74, 6) is 1.76. The fourth-order valence-electron chi connectivity index (χ4n) is 1.97. The Labute approximate surface area is 123 Å². The summed E-state index contributed by atoms with van der Waals surface area (Å²) in [6, 6.07) is 9.68. The Hall–Kier alpha value is -2.27. The van der Waals surface area contributed by atoms with Gasteiger partial charge in [-0.1, -0.05) is 0 Å². The fraction of sp³-hybridized carbons (Fsp3) is 0.250. The average molecular weight is 291 g/mol. The van der Waals surface area contributed by atoms with Crippen molar-refractivity contribution in [3.05, 3.63) is 47.8 Å². The van der Waals surface area contributed by atoms with Crippen LogP contribution >= 0.6 is 0 Å². The molecule has 0 fully saturated rings. The van der Waals surface area contributed by atoms with Gasteiger partial charge in [0.2, 0.25) is 0 Å². The highest BCUT2D eigenvalue weighted by Gasteiger charge is 2.06. The van der Waals surface area contributed by atoms with Gasteiger partial charge in [0.25, 0.3) is 0 Å². The van der Waals surface area contributed by atoms with Crippen LogP contribution in [-0.4, -0.2) is 20.8 Å². The van der Waals surface area contributed by atoms with Crippen molar-refractivity contribution in [2.45, 2.75) is 6.42 Å². The smallest absolute Gasteiger partial charge is 0.134 e. The quantitative estimate of drug-likeness (QED) is 0.888. The second-order valence-corrected chi connectivity index (χ2v) is 4.48. The monoisotopic (exact) mass is 291 g/mol. The molecule has 0 amide bonds. The number of hydrogen-bond donors (Lipinski definition) is 1. The molecule has 0 aliphatic heterocycles. The van der Waals surface area contributed by atoms with Crippen molar-refractivity contribution in [1.29, 1.82) is 0 Å². The van der Waals surface area contributed by atoms with Crippen LogP contribution in [0.3, 0.4) is 0 Å². The lowest BCUT2D eigenvalue weighted by molar-refractivity contribution is 0.386. The van der Waals surface area contributed by atoms with E-state index < -0.39 is 0 Å². The maximum Gasteiger partial charge on any atom is 0.134 e. The van der Waals surface area contributed by atoms with Crippen LogP contribution in [0.5, 0.6) is 23.0 Å². The molecular weight excluding hydrogens is 273 g/mol. The Balaban J connectivity index is 2.28. The highest BCUT2D eigenvalue weighted by molar-refractivity contribution is 5.44. The lowest BCUT2D eigenvalue weighted by Crippen LogP contribution is -2.03. The number of hydrogen-bond acceptors (Lipinski definition) is 4. The summed E-state index contributed by atoms with van der Waals surface area (Å²) in [6.07, 6.45) is 0.593. The molecule has 0 saturated heterocycles. The molecule has 0 saturated carbocycles. The van der Waals surface area contributed by atoms with Gasteiger partial charge in [-0.2, -0.15) is 0 Å². The Bertz CT molecular complexity index is 594. The predicted molar refractivity (Wildman–Crippen MR) is 78.8 cm³/mol. The molecule has 0 aromatic heterocycles. The molecule has 0 heterocycles. The van der Waals surface area contributed by atoms with E-state index in [2.05, 4.69) is 0 Å². The van der Waals surface area contributed by atoms with Crippen LogP contribution in [0, 0.1) is 5.82 Å². The van der Waals surface area contributed by atoms with E-state index in [1.54, 1.807) is 38.5 Å². The van der Waals surface area contributed by atoms with Gasteiger partial charge in [0.15, 0.2) is 0 Å². The zero-order chi connectivity index (χ0) is 15.2. The van der Waals surface area contributed by atoms with Gasteiger partial charge < -0.3 is 19.9 Å². The standard InChI is InChI=1S/C16H18FNO3/c1-19-13-8-14(20-2)10-16(9-13)21-15-6-11(3-4-18)5-12(17)7-15/h5-10H,3-4,18H2,1-2H3. The molecule has 0 unspecified atom stereocenters. The lowest BCUT2D eigenvalue weighted by Gasteiger charge is -2.11. The summed E-state index contributed by atoms with van der Waals surface area (Å²) >= 11 is 0. The van der Waals surface area contributed by atoms with Crippen molar-refractivity contribution in [2.75, 3.05) is 20.8 Å². The van der Waals surface area contributed by atoms with Crippen LogP contribution < -0.4 is 19.9 Å². The second kappa shape index (κ2) is 6.95. The third-order valence-corrected chi connectivity index (χ3v) is 2.92. The molecule has 0 spiro atoms. The Morgan fingerprint density at radius 3 is 2.00 bits per heavy atom. The average Bonchev–Trinajstić information content (AvgIpc) is 2.46. The number of benzene rings is 2. The number of halogens is 1. The summed E-state index contributed by atoms with van der Waals surface area (Å²) in [5, 5.41) is 0. The van der Waals surface area contributed by atoms with Gasteiger partial charge in [0.05, 0.1) is 14.2 Å². The minimum Gasteiger partial charge on any atom is -0.496 e. The minimum absolute atomic E-state index is 0.356. The molecule has 2 rings (SSSR count). The van der Waals surface area contributed by atoms with E-state index in [4.69, 9.17) is 19.9 Å². The van der Waals surface area contributed by atoms with Gasteiger partial charge >= 0.3 is 0 Å². The van der Waals surface area contributed by atoms with E-state index >= 15 is 0 Å². The topological polar surface area (TPSA) is 53.7 Å². The zero-order valence-electron chi connectivity index (χ0n) is 12.1. The van der Waals surface area contributed by atoms with Crippen molar-refractivity contribution >= 4 is 0 Å². The van der Waals surface area contributed by atoms with Crippen molar-refractivity contribution in [3.8, 4) is 23.0 Å². The number of ether oxygens (including phenoxy) is 3. The molecule has 0 bridgehead atoms. The molecule has 0 radical (unpaired) electrons. The summed E-state index contributed by atoms with van der Waals surface area (Å²) in [6.45, 7) is 0.454. The van der Waals surface area contributed by atoms with Crippen LogP contribution in [-0.2, 0) is 6.42 Å². The fourth-order valence-corrected chi connectivity index (χ4v) is 1.97. The SMILES string of the molecule is COc1cc(OC)cc(Oc2cc(F)cc(CCN)c2)c1. The molecular formula is C16H18FNO3. The molecule has 5 heteroatoms. The first kappa shape index (κ1) is 15.1. The first-order chi connectivity index (χ1) is 10.1. The van der Waals surface area contributed by atoms with Gasteiger partial charge in [-0.05, 0) is 30.7 Å². The second-order valence-electron chi connectivity index (χ2n) is 4.48. The van der Waals surface area contributed by atoms with Crippen LogP contribution in [0.15, 0.2) is 36.4 Å². The summed E-state index contributed by atoms with van der Waals surface area (Å²) in [4.78, 5) is 0. The van der Waals surface area contributed by atoms with Gasteiger partial charge in [-0.25, -0.2) is 4.39 Å². The maximum absolute atomic E-state index is 13.6. The molecule has 0 aliphatic carbocycles. The molecule has 21 heavy (non-hydrogen) atoms. The number of nitrogens with two attached hydrogens (primary N) is 1. The van der Waals surface area contributed by atoms with Gasteiger partial charge in [-0.15, -0.1) is 0 Å². The van der Waals surface area contributed by atoms with E-state index in [0.717, 1.165) is 5.56 Å². The molecule has 0 atom stereocenters. The van der Waals surface area contributed by atoms with E-state index in [-0.39, 0.29) is 5.82 Å². The summed E-state index contributed by atoms with van der Waals surface area (Å²) in [5.41, 5.74) is 6.29. The maximum atomic E-state index is 13.6. The van der Waals surface area contributed by atoms with E-state index in [9.17, 15) is 4.39 Å². The first-order valence-corrected chi connectivity index (χ1v) is 6.55. The molecule has 2 aromatic carbocycles. The largest absolute Gasteiger partial charge is 0.496 e. The van der Waals surface area contributed by atoms with Crippen LogP contribution in [0.25, 0.3) is 0 Å². The number of rotatable bonds is 6. The Kier molecular flexibility index (Phi) is 5.00. The van der Waals surface area contributed by atoms with Gasteiger partial charge in [-0.3, -0.25) is 0 Å².